The first-order valence-electron chi connectivity index (χ1n) is 6.71. The lowest BCUT2D eigenvalue weighted by atomic mass is 10.2. The Bertz CT molecular complexity index is 685. The lowest BCUT2D eigenvalue weighted by Gasteiger charge is -2.09. The monoisotopic (exact) mass is 328 g/mol. The molecule has 2 rings (SSSR count). The van der Waals surface area contributed by atoms with Gasteiger partial charge in [0.05, 0.1) is 23.8 Å². The molecule has 0 saturated carbocycles. The molecule has 0 radical (unpaired) electrons. The van der Waals surface area contributed by atoms with E-state index in [4.69, 9.17) is 5.73 Å². The first-order valence-corrected chi connectivity index (χ1v) is 6.71. The highest BCUT2D eigenvalue weighted by Crippen LogP contribution is 2.30. The zero-order chi connectivity index (χ0) is 17.0. The van der Waals surface area contributed by atoms with Gasteiger partial charge in [-0.2, -0.15) is 18.3 Å². The Labute approximate surface area is 129 Å². The summed E-state index contributed by atoms with van der Waals surface area (Å²) in [5, 5.41) is 15.7. The molecular formula is C14H15F3N4O2. The van der Waals surface area contributed by atoms with E-state index in [9.17, 15) is 23.1 Å². The van der Waals surface area contributed by atoms with Crippen LogP contribution in [0, 0.1) is 0 Å². The van der Waals surface area contributed by atoms with Gasteiger partial charge in [0.15, 0.2) is 5.82 Å². The fourth-order valence-electron chi connectivity index (χ4n) is 1.85. The van der Waals surface area contributed by atoms with Gasteiger partial charge in [-0.05, 0) is 18.2 Å². The molecule has 6 nitrogen and oxygen atoms in total. The summed E-state index contributed by atoms with van der Waals surface area (Å²) in [7, 11) is 0. The normalized spacial score (nSPS) is 12.9. The summed E-state index contributed by atoms with van der Waals surface area (Å²) in [5.41, 5.74) is 4.62. The number of carbonyl (C=O) groups is 1. The first kappa shape index (κ1) is 17.0. The number of aliphatic hydroxyl groups is 1. The van der Waals surface area contributed by atoms with Gasteiger partial charge in [0, 0.05) is 18.8 Å². The fourth-order valence-corrected chi connectivity index (χ4v) is 1.85. The van der Waals surface area contributed by atoms with Crippen molar-refractivity contribution in [3.63, 3.8) is 0 Å². The summed E-state index contributed by atoms with van der Waals surface area (Å²) in [6, 6.07) is 6.09. The molecule has 23 heavy (non-hydrogen) atoms. The molecule has 1 amide bonds. The molecule has 1 aromatic heterocycles. The number of benzene rings is 1. The van der Waals surface area contributed by atoms with E-state index in [0.717, 1.165) is 12.1 Å². The highest BCUT2D eigenvalue weighted by molar-refractivity contribution is 5.90. The van der Waals surface area contributed by atoms with E-state index in [1.807, 2.05) is 0 Å². The van der Waals surface area contributed by atoms with E-state index < -0.39 is 23.8 Å². The molecule has 0 bridgehead atoms. The molecule has 1 atom stereocenters. The minimum Gasteiger partial charge on any atom is -0.391 e. The van der Waals surface area contributed by atoms with Gasteiger partial charge in [-0.15, -0.1) is 0 Å². The number of aliphatic hydroxyl groups excluding tert-OH is 1. The molecular weight excluding hydrogens is 313 g/mol. The summed E-state index contributed by atoms with van der Waals surface area (Å²) in [6.07, 6.45) is -4.17. The van der Waals surface area contributed by atoms with Gasteiger partial charge in [-0.25, -0.2) is 4.68 Å². The van der Waals surface area contributed by atoms with Crippen LogP contribution in [0.25, 0.3) is 5.69 Å². The number of aromatic nitrogens is 2. The number of nitrogens with two attached hydrogens (primary N) is 1. The molecule has 0 fully saturated rings. The first-order chi connectivity index (χ1) is 10.8. The third-order valence-corrected chi connectivity index (χ3v) is 2.99. The van der Waals surface area contributed by atoms with Crippen molar-refractivity contribution in [2.24, 2.45) is 5.73 Å². The van der Waals surface area contributed by atoms with Crippen LogP contribution in [0.15, 0.2) is 36.5 Å². The van der Waals surface area contributed by atoms with Crippen molar-refractivity contribution in [2.75, 3.05) is 11.9 Å². The van der Waals surface area contributed by atoms with Crippen LogP contribution >= 0.6 is 0 Å². The van der Waals surface area contributed by atoms with E-state index >= 15 is 0 Å². The third kappa shape index (κ3) is 4.54. The van der Waals surface area contributed by atoms with Gasteiger partial charge in [0.2, 0.25) is 5.91 Å². The Balaban J connectivity index is 2.12. The van der Waals surface area contributed by atoms with Crippen molar-refractivity contribution in [1.82, 2.24) is 9.78 Å². The summed E-state index contributed by atoms with van der Waals surface area (Å²) in [5.74, 6) is -0.325. The van der Waals surface area contributed by atoms with Crippen LogP contribution in [0.2, 0.25) is 0 Å². The third-order valence-electron chi connectivity index (χ3n) is 2.99. The molecule has 9 heteroatoms. The highest BCUT2D eigenvalue weighted by Gasteiger charge is 2.30. The topological polar surface area (TPSA) is 93.2 Å². The second-order valence-corrected chi connectivity index (χ2v) is 4.84. The molecule has 4 N–H and O–H groups in total. The quantitative estimate of drug-likeness (QED) is 0.776. The van der Waals surface area contributed by atoms with Gasteiger partial charge >= 0.3 is 6.18 Å². The zero-order valence-corrected chi connectivity index (χ0v) is 11.9. The molecule has 1 heterocycles. The molecule has 0 spiro atoms. The average molecular weight is 328 g/mol. The minimum absolute atomic E-state index is 0.0495. The Morgan fingerprint density at radius 2 is 2.13 bits per heavy atom. The van der Waals surface area contributed by atoms with Gasteiger partial charge in [0.25, 0.3) is 0 Å². The maximum atomic E-state index is 12.7. The number of nitrogens with one attached hydrogen (secondary N) is 1. The number of amides is 1. The number of nitrogens with zero attached hydrogens (tertiary/aromatic N) is 2. The number of alkyl halides is 3. The maximum absolute atomic E-state index is 12.7. The SMILES string of the molecule is NCC(O)CC(=O)Nc1ccn(-c2cccc(C(F)(F)F)c2)n1. The molecule has 0 saturated heterocycles. The van der Waals surface area contributed by atoms with Gasteiger partial charge in [0.1, 0.15) is 0 Å². The van der Waals surface area contributed by atoms with E-state index in [0.29, 0.717) is 0 Å². The lowest BCUT2D eigenvalue weighted by Crippen LogP contribution is -2.26. The van der Waals surface area contributed by atoms with Gasteiger partial charge < -0.3 is 16.2 Å². The van der Waals surface area contributed by atoms with Gasteiger partial charge in [-0.3, -0.25) is 4.79 Å². The van der Waals surface area contributed by atoms with Crippen LogP contribution < -0.4 is 11.1 Å². The average Bonchev–Trinajstić information content (AvgIpc) is 2.94. The largest absolute Gasteiger partial charge is 0.416 e. The minimum atomic E-state index is -4.45. The predicted octanol–water partition coefficient (Wildman–Crippen LogP) is 1.54. The van der Waals surface area contributed by atoms with Crippen molar-refractivity contribution in [1.29, 1.82) is 0 Å². The van der Waals surface area contributed by atoms with E-state index in [1.54, 1.807) is 0 Å². The molecule has 1 unspecified atom stereocenters. The summed E-state index contributed by atoms with van der Waals surface area (Å²) in [4.78, 5) is 11.6. The van der Waals surface area contributed by atoms with Crippen LogP contribution in [-0.2, 0) is 11.0 Å². The van der Waals surface area contributed by atoms with Crippen LogP contribution in [0.3, 0.4) is 0 Å². The Hall–Kier alpha value is -2.39. The molecule has 0 aliphatic rings. The van der Waals surface area contributed by atoms with Crippen LogP contribution in [0.4, 0.5) is 19.0 Å². The number of anilines is 1. The van der Waals surface area contributed by atoms with E-state index in [-0.39, 0.29) is 24.5 Å². The molecule has 1 aromatic carbocycles. The maximum Gasteiger partial charge on any atom is 0.416 e. The smallest absolute Gasteiger partial charge is 0.391 e. The number of rotatable bonds is 5. The van der Waals surface area contributed by atoms with Crippen molar-refractivity contribution in [3.8, 4) is 5.69 Å². The van der Waals surface area contributed by atoms with Crippen LogP contribution in [0.5, 0.6) is 0 Å². The molecule has 124 valence electrons. The summed E-state index contributed by atoms with van der Waals surface area (Å²) in [6.45, 7) is -0.0495. The lowest BCUT2D eigenvalue weighted by molar-refractivity contribution is -0.137. The van der Waals surface area contributed by atoms with Crippen molar-refractivity contribution >= 4 is 11.7 Å². The summed E-state index contributed by atoms with van der Waals surface area (Å²) >= 11 is 0. The number of hydrogen-bond acceptors (Lipinski definition) is 4. The molecule has 0 aliphatic heterocycles. The summed E-state index contributed by atoms with van der Waals surface area (Å²) < 4.78 is 39.3. The number of carbonyl (C=O) groups excluding carboxylic acids is 1. The van der Waals surface area contributed by atoms with Crippen LogP contribution in [-0.4, -0.2) is 33.4 Å². The second-order valence-electron chi connectivity index (χ2n) is 4.84. The van der Waals surface area contributed by atoms with Crippen molar-refractivity contribution in [2.45, 2.75) is 18.7 Å². The van der Waals surface area contributed by atoms with Crippen molar-refractivity contribution in [3.05, 3.63) is 42.1 Å². The van der Waals surface area contributed by atoms with Crippen LogP contribution in [0.1, 0.15) is 12.0 Å². The number of hydrogen-bond donors (Lipinski definition) is 3. The number of halogens is 3. The Morgan fingerprint density at radius 3 is 2.78 bits per heavy atom. The molecule has 2 aromatic rings. The Morgan fingerprint density at radius 1 is 1.39 bits per heavy atom. The van der Waals surface area contributed by atoms with Crippen molar-refractivity contribution < 1.29 is 23.1 Å². The molecule has 0 aliphatic carbocycles. The second kappa shape index (κ2) is 6.80. The zero-order valence-electron chi connectivity index (χ0n) is 11.9. The van der Waals surface area contributed by atoms with E-state index in [1.165, 1.54) is 29.1 Å². The standard InChI is InChI=1S/C14H15F3N4O2/c15-14(16,17)9-2-1-3-10(6-9)21-5-4-12(20-21)19-13(23)7-11(22)8-18/h1-6,11,22H,7-8,18H2,(H,19,20,23). The predicted molar refractivity (Wildman–Crippen MR) is 76.9 cm³/mol. The van der Waals surface area contributed by atoms with Gasteiger partial charge in [-0.1, -0.05) is 6.07 Å². The van der Waals surface area contributed by atoms with E-state index in [2.05, 4.69) is 10.4 Å². The fraction of sp³-hybridized carbons (Fsp3) is 0.286. The Kier molecular flexibility index (Phi) is 5.02. The highest BCUT2D eigenvalue weighted by atomic mass is 19.4.